The third kappa shape index (κ3) is 5.48. The van der Waals surface area contributed by atoms with E-state index in [2.05, 4.69) is 169 Å². The van der Waals surface area contributed by atoms with E-state index in [0.29, 0.717) is 0 Å². The Morgan fingerprint density at radius 2 is 1.29 bits per heavy atom. The van der Waals surface area contributed by atoms with Gasteiger partial charge in [0.25, 0.3) is 0 Å². The van der Waals surface area contributed by atoms with E-state index in [1.54, 1.807) is 0 Å². The molecule has 3 heterocycles. The zero-order chi connectivity index (χ0) is 36.3. The van der Waals surface area contributed by atoms with Crippen LogP contribution < -0.4 is 10.1 Å². The Morgan fingerprint density at radius 1 is 0.545 bits per heavy atom. The van der Waals surface area contributed by atoms with E-state index in [1.807, 2.05) is 12.1 Å². The Hall–Kier alpha value is -6.65. The number of para-hydroxylation sites is 2. The lowest BCUT2D eigenvalue weighted by molar-refractivity contribution is 0.271. The van der Waals surface area contributed by atoms with Gasteiger partial charge < -0.3 is 14.5 Å². The number of ether oxygens (including phenoxy) is 1. The van der Waals surface area contributed by atoms with Gasteiger partial charge in [0.1, 0.15) is 28.9 Å². The second kappa shape index (κ2) is 13.0. The zero-order valence-electron chi connectivity index (χ0n) is 30.2. The Labute approximate surface area is 320 Å². The highest BCUT2D eigenvalue weighted by molar-refractivity contribution is 6.09. The lowest BCUT2D eigenvalue weighted by atomic mass is 9.87. The molecular formula is C51H38N2O2. The normalized spacial score (nSPS) is 20.1. The van der Waals surface area contributed by atoms with Gasteiger partial charge in [-0.3, -0.25) is 4.99 Å². The summed E-state index contributed by atoms with van der Waals surface area (Å²) < 4.78 is 12.9. The Kier molecular flexibility index (Phi) is 7.54. The van der Waals surface area contributed by atoms with Crippen LogP contribution in [0.3, 0.4) is 0 Å². The number of nitrogens with zero attached hydrogens (tertiary/aromatic N) is 1. The average molecular weight is 711 g/mol. The Morgan fingerprint density at radius 3 is 2.18 bits per heavy atom. The number of rotatable bonds is 5. The first-order chi connectivity index (χ1) is 27.2. The molecule has 0 saturated heterocycles. The van der Waals surface area contributed by atoms with E-state index in [4.69, 9.17) is 14.1 Å². The third-order valence-corrected chi connectivity index (χ3v) is 11.7. The van der Waals surface area contributed by atoms with Gasteiger partial charge in [0.15, 0.2) is 0 Å². The Balaban J connectivity index is 0.967. The number of amidine groups is 1. The molecule has 0 bridgehead atoms. The summed E-state index contributed by atoms with van der Waals surface area (Å²) >= 11 is 0. The minimum absolute atomic E-state index is 0.0365. The minimum Gasteiger partial charge on any atom is -0.484 e. The summed E-state index contributed by atoms with van der Waals surface area (Å²) in [6, 6.07) is 54.5. The summed E-state index contributed by atoms with van der Waals surface area (Å²) in [5, 5.41) is 8.59. The molecule has 1 N–H and O–H groups in total. The molecule has 0 saturated carbocycles. The number of benzene rings is 7. The Bertz CT molecular complexity index is 2850. The summed E-state index contributed by atoms with van der Waals surface area (Å²) in [7, 11) is 0. The molecule has 3 aliphatic rings. The van der Waals surface area contributed by atoms with Gasteiger partial charge in [0.2, 0.25) is 0 Å². The van der Waals surface area contributed by atoms with Crippen molar-refractivity contribution in [3.63, 3.8) is 0 Å². The third-order valence-electron chi connectivity index (χ3n) is 11.7. The smallest absolute Gasteiger partial charge is 0.143 e. The van der Waals surface area contributed by atoms with Crippen LogP contribution in [0.15, 0.2) is 185 Å². The first-order valence-electron chi connectivity index (χ1n) is 19.3. The van der Waals surface area contributed by atoms with Crippen molar-refractivity contribution in [2.75, 3.05) is 0 Å². The van der Waals surface area contributed by atoms with Crippen molar-refractivity contribution < 1.29 is 9.15 Å². The molecule has 0 radical (unpaired) electrons. The van der Waals surface area contributed by atoms with Crippen molar-refractivity contribution in [1.82, 2.24) is 5.32 Å². The predicted octanol–water partition coefficient (Wildman–Crippen LogP) is 12.7. The van der Waals surface area contributed by atoms with Gasteiger partial charge >= 0.3 is 0 Å². The summed E-state index contributed by atoms with van der Waals surface area (Å²) in [6.45, 7) is 0. The standard InChI is InChI=1S/C51H38N2O2/c1-2-12-33(13-3-1)45-28-29-46(34-26-24-32(25-27-34)37-20-11-21-42-39-17-6-8-22-47(39)54-49(37)42)53-51(52-45)36-15-10-14-35(30-36)43-31-44-40-18-7-9-23-48(40)55-50(44)41-19-5-4-16-38(41)43/h1-27,30-31,40,45-46,48H,28-29H2,(H,52,53). The lowest BCUT2D eigenvalue weighted by Crippen LogP contribution is -2.28. The van der Waals surface area contributed by atoms with Crippen LogP contribution in [-0.2, 0) is 0 Å². The molecule has 4 atom stereocenters. The first-order valence-corrected chi connectivity index (χ1v) is 19.3. The molecule has 8 aromatic rings. The number of allylic oxidation sites excluding steroid dienone is 2. The largest absolute Gasteiger partial charge is 0.484 e. The van der Waals surface area contributed by atoms with Gasteiger partial charge in [0.05, 0.1) is 12.1 Å². The molecule has 4 heteroatoms. The van der Waals surface area contributed by atoms with E-state index < -0.39 is 0 Å². The van der Waals surface area contributed by atoms with Gasteiger partial charge in [-0.15, -0.1) is 0 Å². The SMILES string of the molecule is C1=CC2Oc3c(cc(-c4cccc(C5=NC(c6ccccc6)CCC(c6ccc(-c7cccc8c7oc7ccccc78)cc6)N5)c4)c4ccccc34)C2C=C1. The maximum atomic E-state index is 6.55. The van der Waals surface area contributed by atoms with Gasteiger partial charge in [0, 0.05) is 38.8 Å². The fraction of sp³-hybridized carbons (Fsp3) is 0.118. The van der Waals surface area contributed by atoms with Crippen molar-refractivity contribution in [1.29, 1.82) is 0 Å². The minimum atomic E-state index is 0.0365. The maximum absolute atomic E-state index is 6.55. The fourth-order valence-corrected chi connectivity index (χ4v) is 8.95. The molecule has 0 amide bonds. The van der Waals surface area contributed by atoms with E-state index in [0.717, 1.165) is 68.4 Å². The number of furan rings is 1. The molecule has 1 aromatic heterocycles. The molecule has 11 rings (SSSR count). The maximum Gasteiger partial charge on any atom is 0.143 e. The molecule has 0 spiro atoms. The van der Waals surface area contributed by atoms with Gasteiger partial charge in [-0.1, -0.05) is 152 Å². The molecule has 0 fully saturated rings. The fourth-order valence-electron chi connectivity index (χ4n) is 8.95. The zero-order valence-corrected chi connectivity index (χ0v) is 30.2. The number of aliphatic imine (C=N–C) groups is 1. The van der Waals surface area contributed by atoms with Gasteiger partial charge in [-0.05, 0) is 70.3 Å². The van der Waals surface area contributed by atoms with Gasteiger partial charge in [-0.25, -0.2) is 0 Å². The summed E-state index contributed by atoms with van der Waals surface area (Å²) in [5.41, 5.74) is 11.3. The van der Waals surface area contributed by atoms with E-state index in [9.17, 15) is 0 Å². The second-order valence-corrected chi connectivity index (χ2v) is 14.9. The van der Waals surface area contributed by atoms with Crippen LogP contribution in [-0.4, -0.2) is 11.9 Å². The monoisotopic (exact) mass is 710 g/mol. The van der Waals surface area contributed by atoms with Gasteiger partial charge in [-0.2, -0.15) is 0 Å². The summed E-state index contributed by atoms with van der Waals surface area (Å²) in [5.74, 6) is 2.14. The lowest BCUT2D eigenvalue weighted by Gasteiger charge is -2.20. The van der Waals surface area contributed by atoms with E-state index in [1.165, 1.54) is 33.2 Å². The highest BCUT2D eigenvalue weighted by Gasteiger charge is 2.34. The molecule has 4 nitrogen and oxygen atoms in total. The van der Waals surface area contributed by atoms with Crippen LogP contribution in [0.4, 0.5) is 0 Å². The molecule has 4 unspecified atom stereocenters. The van der Waals surface area contributed by atoms with Crippen molar-refractivity contribution in [2.24, 2.45) is 4.99 Å². The quantitative estimate of drug-likeness (QED) is 0.193. The highest BCUT2D eigenvalue weighted by atomic mass is 16.5. The van der Waals surface area contributed by atoms with Crippen molar-refractivity contribution in [2.45, 2.75) is 36.9 Å². The van der Waals surface area contributed by atoms with E-state index >= 15 is 0 Å². The average Bonchev–Trinajstić information content (AvgIpc) is 3.74. The summed E-state index contributed by atoms with van der Waals surface area (Å²) in [4.78, 5) is 5.48. The van der Waals surface area contributed by atoms with Crippen LogP contribution in [0.2, 0.25) is 0 Å². The molecule has 264 valence electrons. The van der Waals surface area contributed by atoms with E-state index in [-0.39, 0.29) is 24.1 Å². The topological polar surface area (TPSA) is 46.8 Å². The number of fused-ring (bicyclic) bond motifs is 8. The van der Waals surface area contributed by atoms with Crippen molar-refractivity contribution in [3.05, 3.63) is 198 Å². The molecule has 2 aliphatic heterocycles. The predicted molar refractivity (Wildman–Crippen MR) is 225 cm³/mol. The van der Waals surface area contributed by atoms with Crippen LogP contribution in [0.25, 0.3) is 55.0 Å². The molecule has 55 heavy (non-hydrogen) atoms. The van der Waals surface area contributed by atoms with Crippen LogP contribution >= 0.6 is 0 Å². The van der Waals surface area contributed by atoms with Crippen molar-refractivity contribution >= 4 is 38.5 Å². The van der Waals surface area contributed by atoms with Crippen LogP contribution in [0.5, 0.6) is 5.75 Å². The number of nitrogens with one attached hydrogen (secondary N) is 1. The number of hydrogen-bond donors (Lipinski definition) is 1. The molecule has 1 aliphatic carbocycles. The van der Waals surface area contributed by atoms with Crippen LogP contribution in [0.1, 0.15) is 53.1 Å². The highest BCUT2D eigenvalue weighted by Crippen LogP contribution is 2.48. The number of hydrogen-bond acceptors (Lipinski definition) is 4. The second-order valence-electron chi connectivity index (χ2n) is 14.9. The van der Waals surface area contributed by atoms with Crippen molar-refractivity contribution in [3.8, 4) is 28.0 Å². The summed E-state index contributed by atoms with van der Waals surface area (Å²) in [6.07, 6.45) is 10.6. The molecule has 7 aromatic carbocycles. The van der Waals surface area contributed by atoms with Crippen LogP contribution in [0, 0.1) is 0 Å². The molecular weight excluding hydrogens is 673 g/mol. The first kappa shape index (κ1) is 31.8.